The Morgan fingerprint density at radius 3 is 2.73 bits per heavy atom. The Labute approximate surface area is 179 Å². The second-order valence-electron chi connectivity index (χ2n) is 6.90. The molecule has 1 atom stereocenters. The predicted octanol–water partition coefficient (Wildman–Crippen LogP) is 1.84. The molecule has 1 aliphatic heterocycles. The van der Waals surface area contributed by atoms with Gasteiger partial charge in [-0.3, -0.25) is 4.79 Å². The highest BCUT2D eigenvalue weighted by Gasteiger charge is 2.22. The summed E-state index contributed by atoms with van der Waals surface area (Å²) in [6, 6.07) is 9.23. The first-order valence-corrected chi connectivity index (χ1v) is 10.8. The number of aromatic nitrogens is 2. The van der Waals surface area contributed by atoms with E-state index in [1.54, 1.807) is 19.2 Å². The van der Waals surface area contributed by atoms with Crippen molar-refractivity contribution in [1.29, 1.82) is 0 Å². The van der Waals surface area contributed by atoms with E-state index in [1.807, 2.05) is 18.2 Å². The fourth-order valence-electron chi connectivity index (χ4n) is 3.05. The highest BCUT2D eigenvalue weighted by Crippen LogP contribution is 2.25. The van der Waals surface area contributed by atoms with Crippen LogP contribution in [0.4, 0.5) is 16.3 Å². The number of nitrogens with zero attached hydrogens (tertiary/aromatic N) is 3. The standard InChI is InChI=1S/C20H26N6O3S/c1-13-10-29-8-7-26(13)18-9-16(11-30-12-17(21)27)23-19(25-18)14-3-5-15(6-4-14)24-20(28)22-2/h3-6,9,13H,7-8,10-12H2,1-2H3,(H2,21,27)(H2,22,24,28)/t13-/m0/s1. The van der Waals surface area contributed by atoms with E-state index in [0.29, 0.717) is 30.5 Å². The molecule has 0 unspecified atom stereocenters. The van der Waals surface area contributed by atoms with Crippen molar-refractivity contribution in [3.63, 3.8) is 0 Å². The normalized spacial score (nSPS) is 16.2. The van der Waals surface area contributed by atoms with Crippen molar-refractivity contribution >= 4 is 35.2 Å². The van der Waals surface area contributed by atoms with Gasteiger partial charge < -0.3 is 26.0 Å². The molecule has 1 aromatic heterocycles. The number of primary amides is 1. The van der Waals surface area contributed by atoms with Crippen LogP contribution >= 0.6 is 11.8 Å². The summed E-state index contributed by atoms with van der Waals surface area (Å²) in [7, 11) is 1.56. The first-order chi connectivity index (χ1) is 14.5. The van der Waals surface area contributed by atoms with Crippen molar-refractivity contribution in [2.75, 3.05) is 42.8 Å². The van der Waals surface area contributed by atoms with Crippen LogP contribution in [0.3, 0.4) is 0 Å². The maximum atomic E-state index is 11.5. The highest BCUT2D eigenvalue weighted by molar-refractivity contribution is 7.99. The smallest absolute Gasteiger partial charge is 0.318 e. The van der Waals surface area contributed by atoms with Crippen molar-refractivity contribution in [3.8, 4) is 11.4 Å². The molecule has 1 saturated heterocycles. The van der Waals surface area contributed by atoms with Gasteiger partial charge in [0.1, 0.15) is 5.82 Å². The van der Waals surface area contributed by atoms with E-state index in [2.05, 4.69) is 27.4 Å². The number of benzene rings is 1. The molecule has 160 valence electrons. The molecular weight excluding hydrogens is 404 g/mol. The zero-order valence-corrected chi connectivity index (χ0v) is 17.9. The van der Waals surface area contributed by atoms with Crippen LogP contribution in [0.1, 0.15) is 12.6 Å². The van der Waals surface area contributed by atoms with Crippen LogP contribution in [0.5, 0.6) is 0 Å². The number of urea groups is 1. The largest absolute Gasteiger partial charge is 0.377 e. The predicted molar refractivity (Wildman–Crippen MR) is 119 cm³/mol. The van der Waals surface area contributed by atoms with Crippen molar-refractivity contribution < 1.29 is 14.3 Å². The summed E-state index contributed by atoms with van der Waals surface area (Å²) in [5.74, 6) is 1.86. The molecule has 3 rings (SSSR count). The third kappa shape index (κ3) is 5.83. The second kappa shape index (κ2) is 10.3. The van der Waals surface area contributed by atoms with E-state index in [9.17, 15) is 9.59 Å². The van der Waals surface area contributed by atoms with E-state index in [0.717, 1.165) is 23.6 Å². The molecule has 1 fully saturated rings. The van der Waals surface area contributed by atoms with E-state index in [1.165, 1.54) is 11.8 Å². The number of rotatable bonds is 7. The Morgan fingerprint density at radius 2 is 2.07 bits per heavy atom. The number of nitrogens with one attached hydrogen (secondary N) is 2. The molecule has 0 saturated carbocycles. The number of amides is 3. The van der Waals surface area contributed by atoms with Crippen molar-refractivity contribution in [1.82, 2.24) is 15.3 Å². The number of anilines is 2. The van der Waals surface area contributed by atoms with Gasteiger partial charge in [0.15, 0.2) is 5.82 Å². The van der Waals surface area contributed by atoms with Gasteiger partial charge in [0.25, 0.3) is 0 Å². The number of carbonyl (C=O) groups excluding carboxylic acids is 2. The van der Waals surface area contributed by atoms with Crippen LogP contribution in [-0.4, -0.2) is 60.5 Å². The number of morpholine rings is 1. The zero-order valence-electron chi connectivity index (χ0n) is 17.1. The van der Waals surface area contributed by atoms with Gasteiger partial charge in [-0.25, -0.2) is 14.8 Å². The number of hydrogen-bond acceptors (Lipinski definition) is 7. The molecule has 0 radical (unpaired) electrons. The Balaban J connectivity index is 1.88. The number of nitrogens with two attached hydrogens (primary N) is 1. The van der Waals surface area contributed by atoms with Gasteiger partial charge in [-0.1, -0.05) is 0 Å². The number of carbonyl (C=O) groups is 2. The van der Waals surface area contributed by atoms with E-state index >= 15 is 0 Å². The third-order valence-electron chi connectivity index (χ3n) is 4.55. The zero-order chi connectivity index (χ0) is 21.5. The Hall–Kier alpha value is -2.85. The summed E-state index contributed by atoms with van der Waals surface area (Å²) in [6.07, 6.45) is 0. The lowest BCUT2D eigenvalue weighted by Crippen LogP contribution is -2.44. The maximum Gasteiger partial charge on any atom is 0.318 e. The molecule has 3 amide bonds. The first-order valence-electron chi connectivity index (χ1n) is 9.64. The van der Waals surface area contributed by atoms with Crippen LogP contribution in [0.15, 0.2) is 30.3 Å². The van der Waals surface area contributed by atoms with E-state index in [4.69, 9.17) is 15.5 Å². The lowest BCUT2D eigenvalue weighted by molar-refractivity contribution is -0.115. The van der Waals surface area contributed by atoms with Gasteiger partial charge in [0.05, 0.1) is 30.7 Å². The van der Waals surface area contributed by atoms with Crippen LogP contribution in [0, 0.1) is 0 Å². The van der Waals surface area contributed by atoms with Crippen LogP contribution in [0.25, 0.3) is 11.4 Å². The van der Waals surface area contributed by atoms with E-state index < -0.39 is 0 Å². The summed E-state index contributed by atoms with van der Waals surface area (Å²) < 4.78 is 5.54. The fraction of sp³-hybridized carbons (Fsp3) is 0.400. The number of thioether (sulfide) groups is 1. The summed E-state index contributed by atoms with van der Waals surface area (Å²) in [5, 5.41) is 5.25. The lowest BCUT2D eigenvalue weighted by Gasteiger charge is -2.34. The Bertz CT molecular complexity index is 893. The average molecular weight is 431 g/mol. The topological polar surface area (TPSA) is 122 Å². The van der Waals surface area contributed by atoms with Gasteiger partial charge in [-0.2, -0.15) is 0 Å². The summed E-state index contributed by atoms with van der Waals surface area (Å²) in [5.41, 5.74) is 7.59. The SMILES string of the molecule is CNC(=O)Nc1ccc(-c2nc(CSCC(N)=O)cc(N3CCOC[C@@H]3C)n2)cc1. The van der Waals surface area contributed by atoms with Crippen molar-refractivity contribution in [2.45, 2.75) is 18.7 Å². The molecule has 4 N–H and O–H groups in total. The molecular formula is C20H26N6O3S. The second-order valence-corrected chi connectivity index (χ2v) is 7.88. The molecule has 2 heterocycles. The lowest BCUT2D eigenvalue weighted by atomic mass is 10.2. The minimum Gasteiger partial charge on any atom is -0.377 e. The quantitative estimate of drug-likeness (QED) is 0.612. The number of hydrogen-bond donors (Lipinski definition) is 3. The molecule has 30 heavy (non-hydrogen) atoms. The molecule has 0 bridgehead atoms. The third-order valence-corrected chi connectivity index (χ3v) is 5.54. The van der Waals surface area contributed by atoms with Gasteiger partial charge in [0.2, 0.25) is 5.91 Å². The summed E-state index contributed by atoms with van der Waals surface area (Å²) >= 11 is 1.42. The average Bonchev–Trinajstić information content (AvgIpc) is 2.74. The van der Waals surface area contributed by atoms with E-state index in [-0.39, 0.29) is 23.7 Å². The Morgan fingerprint density at radius 1 is 1.30 bits per heavy atom. The molecule has 1 aliphatic rings. The van der Waals surface area contributed by atoms with Crippen molar-refractivity contribution in [2.24, 2.45) is 5.73 Å². The van der Waals surface area contributed by atoms with Crippen molar-refractivity contribution in [3.05, 3.63) is 36.0 Å². The van der Waals surface area contributed by atoms with Crippen LogP contribution < -0.4 is 21.3 Å². The molecule has 1 aromatic carbocycles. The minimum atomic E-state index is -0.351. The molecule has 0 aliphatic carbocycles. The molecule has 2 aromatic rings. The minimum absolute atomic E-state index is 0.201. The summed E-state index contributed by atoms with van der Waals surface area (Å²) in [4.78, 5) is 34.2. The molecule has 9 nitrogen and oxygen atoms in total. The monoisotopic (exact) mass is 430 g/mol. The Kier molecular flexibility index (Phi) is 7.47. The van der Waals surface area contributed by atoms with Gasteiger partial charge in [0, 0.05) is 36.7 Å². The highest BCUT2D eigenvalue weighted by atomic mass is 32.2. The van der Waals surface area contributed by atoms with Gasteiger partial charge in [-0.05, 0) is 31.2 Å². The van der Waals surface area contributed by atoms with Crippen LogP contribution in [-0.2, 0) is 15.3 Å². The maximum absolute atomic E-state index is 11.5. The fourth-order valence-corrected chi connectivity index (χ4v) is 3.71. The van der Waals surface area contributed by atoms with Gasteiger partial charge >= 0.3 is 6.03 Å². The van der Waals surface area contributed by atoms with Crippen LogP contribution in [0.2, 0.25) is 0 Å². The molecule has 10 heteroatoms. The number of ether oxygens (including phenoxy) is 1. The first kappa shape index (κ1) is 21.8. The van der Waals surface area contributed by atoms with Gasteiger partial charge in [-0.15, -0.1) is 11.8 Å². The summed E-state index contributed by atoms with van der Waals surface area (Å²) in [6.45, 7) is 4.14. The molecule has 0 spiro atoms.